The van der Waals surface area contributed by atoms with E-state index in [9.17, 15) is 50.7 Å². The van der Waals surface area contributed by atoms with Gasteiger partial charge >= 0.3 is 29.6 Å². The molecule has 3 aromatic rings. The molecule has 0 aliphatic carbocycles. The summed E-state index contributed by atoms with van der Waals surface area (Å²) in [7, 11) is 0. The van der Waals surface area contributed by atoms with Crippen LogP contribution in [0.3, 0.4) is 0 Å². The van der Waals surface area contributed by atoms with Crippen LogP contribution < -0.4 is 5.69 Å². The molecular formula is C21H12F7N5O3. The number of rotatable bonds is 3. The summed E-state index contributed by atoms with van der Waals surface area (Å²) in [5.41, 5.74) is -0.851. The number of likely N-dealkylation sites (tertiary alicyclic amines) is 1. The molecule has 1 fully saturated rings. The van der Waals surface area contributed by atoms with E-state index in [4.69, 9.17) is 0 Å². The first kappa shape index (κ1) is 23.6. The first-order valence-electron chi connectivity index (χ1n) is 10.2. The predicted molar refractivity (Wildman–Crippen MR) is 106 cm³/mol. The topological polar surface area (TPSA) is 104 Å². The van der Waals surface area contributed by atoms with Crippen LogP contribution in [0.1, 0.15) is 29.8 Å². The summed E-state index contributed by atoms with van der Waals surface area (Å²) in [5.74, 6) is -16.3. The minimum Gasteiger partial charge on any atom is -0.493 e. The molecule has 2 atom stereocenters. The maximum absolute atomic E-state index is 14.1. The van der Waals surface area contributed by atoms with Gasteiger partial charge in [0.05, 0.1) is 28.9 Å². The highest BCUT2D eigenvalue weighted by atomic mass is 19.4. The smallest absolute Gasteiger partial charge is 0.460 e. The third kappa shape index (κ3) is 2.83. The largest absolute Gasteiger partial charge is 0.493 e. The Labute approximate surface area is 195 Å². The third-order valence-electron chi connectivity index (χ3n) is 6.45. The highest BCUT2D eigenvalue weighted by molar-refractivity contribution is 5.91. The predicted octanol–water partition coefficient (Wildman–Crippen LogP) is 3.43. The van der Waals surface area contributed by atoms with Crippen molar-refractivity contribution in [2.75, 3.05) is 6.54 Å². The summed E-state index contributed by atoms with van der Waals surface area (Å²) >= 11 is 0. The fraction of sp³-hybridized carbons (Fsp3) is 0.333. The van der Waals surface area contributed by atoms with Crippen LogP contribution in [-0.2, 0) is 4.79 Å². The van der Waals surface area contributed by atoms with Crippen LogP contribution in [0.5, 0.6) is 5.88 Å². The Morgan fingerprint density at radius 2 is 1.83 bits per heavy atom. The number of amides is 1. The standard InChI is InChI=1S/C21H12F7N5O3/c22-19(23,20(24,25)21(26,27)28)17(35)31-8-10-6-13(31)15-16(34)33(18(36)32(10)15)12-4-3-9(7-29)14-11(12)2-1-5-30-14/h1-5,10,13,34H,6,8H2. The monoisotopic (exact) mass is 515 g/mol. The van der Waals surface area contributed by atoms with Crippen molar-refractivity contribution in [2.45, 2.75) is 36.5 Å². The summed E-state index contributed by atoms with van der Waals surface area (Å²) < 4.78 is 94.7. The summed E-state index contributed by atoms with van der Waals surface area (Å²) in [5, 5.41) is 20.4. The Morgan fingerprint density at radius 3 is 2.47 bits per heavy atom. The van der Waals surface area contributed by atoms with Crippen molar-refractivity contribution >= 4 is 16.8 Å². The number of carbonyl (C=O) groups excluding carboxylic acids is 1. The van der Waals surface area contributed by atoms with E-state index in [1.165, 1.54) is 30.5 Å². The number of carbonyl (C=O) groups is 1. The average molecular weight is 515 g/mol. The highest BCUT2D eigenvalue weighted by Gasteiger charge is 2.77. The molecule has 188 valence electrons. The number of imidazole rings is 1. The van der Waals surface area contributed by atoms with Crippen LogP contribution in [-0.4, -0.2) is 54.6 Å². The Bertz CT molecular complexity index is 1540. The lowest BCUT2D eigenvalue weighted by molar-refractivity contribution is -0.346. The summed E-state index contributed by atoms with van der Waals surface area (Å²) in [6, 6.07) is 4.96. The number of nitriles is 1. The molecule has 1 amide bonds. The number of nitrogens with zero attached hydrogens (tertiary/aromatic N) is 5. The van der Waals surface area contributed by atoms with Crippen molar-refractivity contribution in [3.63, 3.8) is 0 Å². The lowest BCUT2D eigenvalue weighted by atomic mass is 10.1. The maximum atomic E-state index is 14.1. The average Bonchev–Trinajstić information content (AvgIpc) is 3.48. The minimum absolute atomic E-state index is 0.0488. The van der Waals surface area contributed by atoms with E-state index in [0.29, 0.717) is 0 Å². The van der Waals surface area contributed by atoms with Crippen LogP contribution in [0.15, 0.2) is 35.3 Å². The van der Waals surface area contributed by atoms with Gasteiger partial charge in [-0.2, -0.15) is 36.0 Å². The molecule has 2 aliphatic rings. The van der Waals surface area contributed by atoms with Gasteiger partial charge in [-0.05, 0) is 30.7 Å². The van der Waals surface area contributed by atoms with Gasteiger partial charge in [0.1, 0.15) is 11.8 Å². The van der Waals surface area contributed by atoms with Crippen molar-refractivity contribution in [3.05, 3.63) is 52.2 Å². The van der Waals surface area contributed by atoms with Crippen molar-refractivity contribution < 1.29 is 40.6 Å². The van der Waals surface area contributed by atoms with Crippen molar-refractivity contribution in [1.82, 2.24) is 19.0 Å². The molecule has 15 heteroatoms. The normalized spacial score (nSPS) is 19.6. The number of aromatic nitrogens is 3. The molecule has 4 heterocycles. The number of fused-ring (bicyclic) bond motifs is 6. The van der Waals surface area contributed by atoms with Gasteiger partial charge in [0.2, 0.25) is 5.88 Å². The molecule has 2 aromatic heterocycles. The number of aromatic hydroxyl groups is 1. The zero-order chi connectivity index (χ0) is 26.4. The fourth-order valence-electron chi connectivity index (χ4n) is 4.82. The third-order valence-corrected chi connectivity index (χ3v) is 6.45. The maximum Gasteiger partial charge on any atom is 0.460 e. The molecule has 0 radical (unpaired) electrons. The van der Waals surface area contributed by atoms with Crippen LogP contribution in [0, 0.1) is 11.3 Å². The van der Waals surface area contributed by atoms with Crippen LogP contribution in [0.25, 0.3) is 16.6 Å². The first-order chi connectivity index (χ1) is 16.7. The molecule has 36 heavy (non-hydrogen) atoms. The van der Waals surface area contributed by atoms with Gasteiger partial charge in [-0.15, -0.1) is 0 Å². The lowest BCUT2D eigenvalue weighted by Gasteiger charge is -2.34. The zero-order valence-electron chi connectivity index (χ0n) is 17.6. The van der Waals surface area contributed by atoms with Gasteiger partial charge < -0.3 is 10.0 Å². The fourth-order valence-corrected chi connectivity index (χ4v) is 4.82. The summed E-state index contributed by atoms with van der Waals surface area (Å²) in [6.07, 6.45) is -5.55. The number of pyridine rings is 1. The van der Waals surface area contributed by atoms with Gasteiger partial charge in [0, 0.05) is 18.1 Å². The second kappa shape index (κ2) is 7.21. The zero-order valence-corrected chi connectivity index (χ0v) is 17.6. The van der Waals surface area contributed by atoms with Crippen molar-refractivity contribution in [1.29, 1.82) is 5.26 Å². The first-order valence-corrected chi connectivity index (χ1v) is 10.2. The van der Waals surface area contributed by atoms with Crippen LogP contribution >= 0.6 is 0 Å². The second-order valence-corrected chi connectivity index (χ2v) is 8.35. The Balaban J connectivity index is 1.61. The van der Waals surface area contributed by atoms with E-state index in [1.54, 1.807) is 0 Å². The van der Waals surface area contributed by atoms with Gasteiger partial charge in [-0.1, -0.05) is 0 Å². The second-order valence-electron chi connectivity index (χ2n) is 8.35. The Hall–Kier alpha value is -4.09. The summed E-state index contributed by atoms with van der Waals surface area (Å²) in [4.78, 5) is 29.7. The molecule has 0 saturated carbocycles. The van der Waals surface area contributed by atoms with Gasteiger partial charge in [-0.25, -0.2) is 9.36 Å². The van der Waals surface area contributed by atoms with E-state index >= 15 is 0 Å². The molecule has 2 unspecified atom stereocenters. The molecular weight excluding hydrogens is 503 g/mol. The lowest BCUT2D eigenvalue weighted by Crippen LogP contribution is -2.60. The van der Waals surface area contributed by atoms with E-state index in [2.05, 4.69) is 4.98 Å². The van der Waals surface area contributed by atoms with Crippen LogP contribution in [0.4, 0.5) is 30.7 Å². The van der Waals surface area contributed by atoms with Gasteiger partial charge in [-0.3, -0.25) is 14.3 Å². The SMILES string of the molecule is N#Cc1ccc(-n2c(O)c3n(c2=O)C2CC3N(C(=O)C(F)(F)C(F)(F)C(F)(F)F)C2)c2cccnc12. The van der Waals surface area contributed by atoms with Crippen molar-refractivity contribution in [3.8, 4) is 17.6 Å². The number of benzene rings is 1. The van der Waals surface area contributed by atoms with E-state index < -0.39 is 54.1 Å². The van der Waals surface area contributed by atoms with Crippen molar-refractivity contribution in [2.24, 2.45) is 0 Å². The van der Waals surface area contributed by atoms with E-state index in [1.807, 2.05) is 6.07 Å². The minimum atomic E-state index is -6.69. The molecule has 8 nitrogen and oxygen atoms in total. The highest BCUT2D eigenvalue weighted by Crippen LogP contribution is 2.53. The van der Waals surface area contributed by atoms with E-state index in [0.717, 1.165) is 9.13 Å². The molecule has 2 aliphatic heterocycles. The molecule has 2 bridgehead atoms. The van der Waals surface area contributed by atoms with E-state index in [-0.39, 0.29) is 39.2 Å². The number of hydrogen-bond donors (Lipinski definition) is 1. The van der Waals surface area contributed by atoms with Gasteiger partial charge in [0.25, 0.3) is 0 Å². The molecule has 5 rings (SSSR count). The summed E-state index contributed by atoms with van der Waals surface area (Å²) in [6.45, 7) is -0.737. The molecule has 1 aromatic carbocycles. The Kier molecular flexibility index (Phi) is 4.74. The molecule has 1 N–H and O–H groups in total. The van der Waals surface area contributed by atoms with Crippen LogP contribution in [0.2, 0.25) is 0 Å². The van der Waals surface area contributed by atoms with Gasteiger partial charge in [0.15, 0.2) is 0 Å². The molecule has 1 saturated heterocycles. The molecule has 0 spiro atoms. The number of halogens is 7. The quantitative estimate of drug-likeness (QED) is 0.539. The number of hydrogen-bond acceptors (Lipinski definition) is 5. The number of alkyl halides is 7. The Morgan fingerprint density at radius 1 is 1.14 bits per heavy atom.